The number of carbonyl (C=O) groups is 2. The summed E-state index contributed by atoms with van der Waals surface area (Å²) in [5, 5.41) is 5.49. The molecule has 0 aliphatic rings. The molecule has 138 valence electrons. The fourth-order valence-corrected chi connectivity index (χ4v) is 2.32. The van der Waals surface area contributed by atoms with Gasteiger partial charge < -0.3 is 15.4 Å². The first-order chi connectivity index (χ1) is 12.3. The lowest BCUT2D eigenvalue weighted by atomic mass is 9.90. The molecule has 2 aromatic carbocycles. The Hall–Kier alpha value is -2.89. The van der Waals surface area contributed by atoms with Crippen molar-refractivity contribution in [2.45, 2.75) is 20.3 Å². The topological polar surface area (TPSA) is 67.4 Å². The second-order valence-electron chi connectivity index (χ2n) is 6.41. The molecule has 0 aliphatic heterocycles. The van der Waals surface area contributed by atoms with Gasteiger partial charge in [-0.3, -0.25) is 9.59 Å². The summed E-state index contributed by atoms with van der Waals surface area (Å²) >= 11 is 0. The molecule has 0 saturated heterocycles. The SMILES string of the molecule is COc1ccccc1NC(=O)C(C)(C)C(=O)NCCc1ccc(F)cc1. The molecule has 0 heterocycles. The highest BCUT2D eigenvalue weighted by atomic mass is 19.1. The van der Waals surface area contributed by atoms with Crippen molar-refractivity contribution in [3.8, 4) is 5.75 Å². The lowest BCUT2D eigenvalue weighted by Gasteiger charge is -2.23. The van der Waals surface area contributed by atoms with Crippen LogP contribution in [0.3, 0.4) is 0 Å². The van der Waals surface area contributed by atoms with E-state index in [1.807, 2.05) is 0 Å². The molecule has 0 aliphatic carbocycles. The number of para-hydroxylation sites is 2. The van der Waals surface area contributed by atoms with Crippen molar-refractivity contribution in [1.29, 1.82) is 0 Å². The highest BCUT2D eigenvalue weighted by molar-refractivity contribution is 6.10. The molecule has 2 N–H and O–H groups in total. The first-order valence-electron chi connectivity index (χ1n) is 8.32. The molecule has 2 amide bonds. The number of ether oxygens (including phenoxy) is 1. The summed E-state index contributed by atoms with van der Waals surface area (Å²) < 4.78 is 18.1. The van der Waals surface area contributed by atoms with Gasteiger partial charge in [-0.25, -0.2) is 4.39 Å². The van der Waals surface area contributed by atoms with Crippen LogP contribution in [0.1, 0.15) is 19.4 Å². The van der Waals surface area contributed by atoms with Crippen molar-refractivity contribution >= 4 is 17.5 Å². The van der Waals surface area contributed by atoms with Gasteiger partial charge in [-0.2, -0.15) is 0 Å². The predicted octanol–water partition coefficient (Wildman–Crippen LogP) is 3.16. The summed E-state index contributed by atoms with van der Waals surface area (Å²) in [6, 6.07) is 13.1. The Morgan fingerprint density at radius 3 is 2.35 bits per heavy atom. The van der Waals surface area contributed by atoms with E-state index < -0.39 is 11.3 Å². The van der Waals surface area contributed by atoms with E-state index in [0.29, 0.717) is 24.4 Å². The Morgan fingerprint density at radius 1 is 1.04 bits per heavy atom. The molecule has 0 unspecified atom stereocenters. The van der Waals surface area contributed by atoms with E-state index in [1.54, 1.807) is 50.2 Å². The maximum Gasteiger partial charge on any atom is 0.239 e. The molecule has 0 saturated carbocycles. The molecular weight excluding hydrogens is 335 g/mol. The summed E-state index contributed by atoms with van der Waals surface area (Å²) in [5.41, 5.74) is 0.152. The summed E-state index contributed by atoms with van der Waals surface area (Å²) in [6.45, 7) is 3.48. The van der Waals surface area contributed by atoms with Crippen LogP contribution in [0, 0.1) is 11.2 Å². The minimum absolute atomic E-state index is 0.299. The van der Waals surface area contributed by atoms with Crippen LogP contribution in [0.5, 0.6) is 5.75 Å². The smallest absolute Gasteiger partial charge is 0.239 e. The van der Waals surface area contributed by atoms with Gasteiger partial charge in [0.15, 0.2) is 0 Å². The van der Waals surface area contributed by atoms with Crippen molar-refractivity contribution < 1.29 is 18.7 Å². The number of hydrogen-bond donors (Lipinski definition) is 2. The average Bonchev–Trinajstić information content (AvgIpc) is 2.63. The van der Waals surface area contributed by atoms with E-state index >= 15 is 0 Å². The average molecular weight is 358 g/mol. The Morgan fingerprint density at radius 2 is 1.69 bits per heavy atom. The zero-order valence-corrected chi connectivity index (χ0v) is 15.1. The number of amides is 2. The third-order valence-electron chi connectivity index (χ3n) is 4.10. The van der Waals surface area contributed by atoms with Crippen molar-refractivity contribution in [1.82, 2.24) is 5.32 Å². The number of anilines is 1. The molecule has 6 heteroatoms. The molecule has 0 atom stereocenters. The number of benzene rings is 2. The lowest BCUT2D eigenvalue weighted by molar-refractivity contribution is -0.138. The summed E-state index contributed by atoms with van der Waals surface area (Å²) in [7, 11) is 1.51. The molecule has 26 heavy (non-hydrogen) atoms. The monoisotopic (exact) mass is 358 g/mol. The van der Waals surface area contributed by atoms with Gasteiger partial charge in [-0.05, 0) is 50.1 Å². The molecule has 0 fully saturated rings. The number of methoxy groups -OCH3 is 1. The van der Waals surface area contributed by atoms with Crippen LogP contribution >= 0.6 is 0 Å². The van der Waals surface area contributed by atoms with E-state index in [1.165, 1.54) is 19.2 Å². The van der Waals surface area contributed by atoms with Gasteiger partial charge in [0, 0.05) is 6.54 Å². The lowest BCUT2D eigenvalue weighted by Crippen LogP contribution is -2.45. The summed E-state index contributed by atoms with van der Waals surface area (Å²) in [5.74, 6) is -0.589. The Bertz CT molecular complexity index is 773. The molecule has 0 aromatic heterocycles. The third-order valence-corrected chi connectivity index (χ3v) is 4.10. The quantitative estimate of drug-likeness (QED) is 0.747. The predicted molar refractivity (Wildman–Crippen MR) is 98.5 cm³/mol. The van der Waals surface area contributed by atoms with Crippen molar-refractivity contribution in [3.63, 3.8) is 0 Å². The van der Waals surface area contributed by atoms with Crippen LogP contribution in [0.4, 0.5) is 10.1 Å². The van der Waals surface area contributed by atoms with Gasteiger partial charge in [0.1, 0.15) is 17.0 Å². The largest absolute Gasteiger partial charge is 0.495 e. The Balaban J connectivity index is 1.93. The molecule has 5 nitrogen and oxygen atoms in total. The Labute approximate surface area is 152 Å². The van der Waals surface area contributed by atoms with E-state index in [2.05, 4.69) is 10.6 Å². The summed E-state index contributed by atoms with van der Waals surface area (Å²) in [4.78, 5) is 25.0. The Kier molecular flexibility index (Phi) is 6.33. The van der Waals surface area contributed by atoms with Gasteiger partial charge >= 0.3 is 0 Å². The number of hydrogen-bond acceptors (Lipinski definition) is 3. The number of nitrogens with one attached hydrogen (secondary N) is 2. The van der Waals surface area contributed by atoms with Gasteiger partial charge in [0.2, 0.25) is 11.8 Å². The molecule has 0 spiro atoms. The summed E-state index contributed by atoms with van der Waals surface area (Å²) in [6.07, 6.45) is 0.552. The second kappa shape index (κ2) is 8.47. The van der Waals surface area contributed by atoms with Gasteiger partial charge in [-0.15, -0.1) is 0 Å². The maximum atomic E-state index is 12.9. The minimum atomic E-state index is -1.26. The zero-order valence-electron chi connectivity index (χ0n) is 15.1. The van der Waals surface area contributed by atoms with Crippen LogP contribution in [0.15, 0.2) is 48.5 Å². The van der Waals surface area contributed by atoms with Crippen LogP contribution in [0.2, 0.25) is 0 Å². The van der Waals surface area contributed by atoms with Gasteiger partial charge in [0.05, 0.1) is 12.8 Å². The van der Waals surface area contributed by atoms with Crippen molar-refractivity contribution in [3.05, 3.63) is 59.9 Å². The highest BCUT2D eigenvalue weighted by Crippen LogP contribution is 2.26. The molecule has 2 rings (SSSR count). The second-order valence-corrected chi connectivity index (χ2v) is 6.41. The van der Waals surface area contributed by atoms with E-state index in [-0.39, 0.29) is 11.7 Å². The number of carbonyl (C=O) groups excluding carboxylic acids is 2. The number of rotatable bonds is 7. The van der Waals surface area contributed by atoms with Crippen LogP contribution in [-0.2, 0) is 16.0 Å². The van der Waals surface area contributed by atoms with Crippen LogP contribution < -0.4 is 15.4 Å². The third kappa shape index (κ3) is 4.81. The first kappa shape index (κ1) is 19.4. The highest BCUT2D eigenvalue weighted by Gasteiger charge is 2.36. The zero-order chi connectivity index (χ0) is 19.2. The van der Waals surface area contributed by atoms with E-state index in [0.717, 1.165) is 5.56 Å². The van der Waals surface area contributed by atoms with E-state index in [9.17, 15) is 14.0 Å². The normalized spacial score (nSPS) is 10.9. The van der Waals surface area contributed by atoms with Crippen LogP contribution in [-0.4, -0.2) is 25.5 Å². The minimum Gasteiger partial charge on any atom is -0.495 e. The van der Waals surface area contributed by atoms with E-state index in [4.69, 9.17) is 4.74 Å². The fourth-order valence-electron chi connectivity index (χ4n) is 2.32. The van der Waals surface area contributed by atoms with Gasteiger partial charge in [0.25, 0.3) is 0 Å². The van der Waals surface area contributed by atoms with Gasteiger partial charge in [-0.1, -0.05) is 24.3 Å². The number of halogens is 1. The molecular formula is C20H23FN2O3. The fraction of sp³-hybridized carbons (Fsp3) is 0.300. The maximum absolute atomic E-state index is 12.9. The molecule has 2 aromatic rings. The standard InChI is InChI=1S/C20H23FN2O3/c1-20(2,19(25)23-16-6-4-5-7-17(16)26-3)18(24)22-13-12-14-8-10-15(21)11-9-14/h4-11H,12-13H2,1-3H3,(H,22,24)(H,23,25). The first-order valence-corrected chi connectivity index (χ1v) is 8.32. The van der Waals surface area contributed by atoms with Crippen molar-refractivity contribution in [2.24, 2.45) is 5.41 Å². The molecule has 0 bridgehead atoms. The van der Waals surface area contributed by atoms with Crippen LogP contribution in [0.25, 0.3) is 0 Å². The molecule has 0 radical (unpaired) electrons. The van der Waals surface area contributed by atoms with Crippen molar-refractivity contribution in [2.75, 3.05) is 19.0 Å².